The number of hydrogen-bond donors (Lipinski definition) is 2. The van der Waals surface area contributed by atoms with Crippen molar-refractivity contribution in [3.8, 4) is 0 Å². The Morgan fingerprint density at radius 2 is 1.90 bits per heavy atom. The third-order valence-corrected chi connectivity index (χ3v) is 6.74. The minimum Gasteiger partial charge on any atom is -0.443 e. The third-order valence-electron chi connectivity index (χ3n) is 4.99. The minimum atomic E-state index is -0.483. The van der Waals surface area contributed by atoms with E-state index in [2.05, 4.69) is 17.9 Å². The van der Waals surface area contributed by atoms with Crippen LogP contribution in [-0.4, -0.2) is 62.1 Å². The van der Waals surface area contributed by atoms with Gasteiger partial charge in [-0.2, -0.15) is 12.6 Å². The molecular formula is C20H20ClN3O5S2. The second-order valence-corrected chi connectivity index (χ2v) is 9.41. The van der Waals surface area contributed by atoms with Crippen LogP contribution in [0.5, 0.6) is 0 Å². The summed E-state index contributed by atoms with van der Waals surface area (Å²) in [5, 5.41) is 2.41. The van der Waals surface area contributed by atoms with E-state index in [1.165, 1.54) is 16.2 Å². The van der Waals surface area contributed by atoms with Gasteiger partial charge in [-0.25, -0.2) is 4.79 Å². The Morgan fingerprint density at radius 1 is 1.19 bits per heavy atom. The van der Waals surface area contributed by atoms with Gasteiger partial charge < -0.3 is 19.7 Å². The molecule has 3 amide bonds. The summed E-state index contributed by atoms with van der Waals surface area (Å²) in [7, 11) is 0. The predicted octanol–water partition coefficient (Wildman–Crippen LogP) is 2.82. The Bertz CT molecular complexity index is 983. The molecule has 0 aliphatic carbocycles. The highest BCUT2D eigenvalue weighted by Gasteiger charge is 2.36. The smallest absolute Gasteiger partial charge is 0.414 e. The van der Waals surface area contributed by atoms with Crippen molar-refractivity contribution in [1.29, 1.82) is 0 Å². The lowest BCUT2D eigenvalue weighted by Crippen LogP contribution is -2.41. The molecule has 1 N–H and O–H groups in total. The number of morpholine rings is 1. The molecule has 2 atom stereocenters. The van der Waals surface area contributed by atoms with E-state index in [0.29, 0.717) is 34.6 Å². The molecule has 0 spiro atoms. The van der Waals surface area contributed by atoms with Crippen molar-refractivity contribution in [3.05, 3.63) is 45.6 Å². The van der Waals surface area contributed by atoms with Gasteiger partial charge in [-0.05, 0) is 36.4 Å². The molecule has 1 unspecified atom stereocenters. The zero-order valence-electron chi connectivity index (χ0n) is 16.3. The molecule has 2 fully saturated rings. The molecule has 31 heavy (non-hydrogen) atoms. The number of nitrogens with zero attached hydrogens (tertiary/aromatic N) is 2. The van der Waals surface area contributed by atoms with Gasteiger partial charge in [0.05, 0.1) is 27.6 Å². The van der Waals surface area contributed by atoms with Gasteiger partial charge in [0.25, 0.3) is 11.8 Å². The maximum absolute atomic E-state index is 12.4. The van der Waals surface area contributed by atoms with Crippen molar-refractivity contribution in [2.24, 2.45) is 0 Å². The van der Waals surface area contributed by atoms with E-state index in [9.17, 15) is 14.4 Å². The van der Waals surface area contributed by atoms with E-state index in [-0.39, 0.29) is 30.2 Å². The van der Waals surface area contributed by atoms with Crippen LogP contribution in [-0.2, 0) is 14.3 Å². The standard InChI is InChI=1S/C20H20ClN3O5S2/c21-17-6-5-16(31-17)19(26)22-9-15(30)14-10-24(20(27)29-14)13-3-1-12(2-4-13)23-7-8-28-11-18(23)25/h1-6,14-15,30H,7-11H2,(H,22,26)/t14?,15-/m0/s1. The fourth-order valence-corrected chi connectivity index (χ4v) is 4.56. The van der Waals surface area contributed by atoms with Crippen LogP contribution >= 0.6 is 35.6 Å². The number of carbonyl (C=O) groups excluding carboxylic acids is 3. The number of halogens is 1. The molecule has 0 radical (unpaired) electrons. The van der Waals surface area contributed by atoms with Gasteiger partial charge in [-0.1, -0.05) is 11.6 Å². The number of amides is 3. The van der Waals surface area contributed by atoms with Gasteiger partial charge in [0, 0.05) is 24.5 Å². The van der Waals surface area contributed by atoms with E-state index in [0.717, 1.165) is 5.69 Å². The summed E-state index contributed by atoms with van der Waals surface area (Å²) in [5.74, 6) is -0.338. The van der Waals surface area contributed by atoms with Crippen molar-refractivity contribution >= 4 is 64.8 Å². The quantitative estimate of drug-likeness (QED) is 0.619. The molecule has 8 nitrogen and oxygen atoms in total. The number of hydrogen-bond acceptors (Lipinski definition) is 7. The Balaban J connectivity index is 1.34. The number of carbonyl (C=O) groups is 3. The summed E-state index contributed by atoms with van der Waals surface area (Å²) in [6.07, 6.45) is -0.959. The van der Waals surface area contributed by atoms with E-state index in [4.69, 9.17) is 21.1 Å². The topological polar surface area (TPSA) is 88.2 Å². The zero-order chi connectivity index (χ0) is 22.0. The van der Waals surface area contributed by atoms with Gasteiger partial charge in [-0.15, -0.1) is 11.3 Å². The average molecular weight is 482 g/mol. The normalized spacial score (nSPS) is 20.0. The summed E-state index contributed by atoms with van der Waals surface area (Å²) in [6.45, 7) is 1.61. The molecule has 2 aliphatic heterocycles. The van der Waals surface area contributed by atoms with Crippen molar-refractivity contribution in [1.82, 2.24) is 5.32 Å². The molecular weight excluding hydrogens is 462 g/mol. The van der Waals surface area contributed by atoms with Crippen LogP contribution in [0.4, 0.5) is 16.2 Å². The highest BCUT2D eigenvalue weighted by molar-refractivity contribution is 7.81. The van der Waals surface area contributed by atoms with E-state index in [1.807, 2.05) is 0 Å². The summed E-state index contributed by atoms with van der Waals surface area (Å²) < 4.78 is 11.1. The summed E-state index contributed by atoms with van der Waals surface area (Å²) in [6, 6.07) is 10.5. The Labute approximate surface area is 193 Å². The zero-order valence-corrected chi connectivity index (χ0v) is 18.8. The molecule has 0 saturated carbocycles. The van der Waals surface area contributed by atoms with E-state index < -0.39 is 12.2 Å². The number of rotatable bonds is 6. The Hall–Kier alpha value is -2.27. The molecule has 2 saturated heterocycles. The van der Waals surface area contributed by atoms with Crippen molar-refractivity contribution in [3.63, 3.8) is 0 Å². The Kier molecular flexibility index (Phi) is 6.71. The number of ether oxygens (including phenoxy) is 2. The van der Waals surface area contributed by atoms with E-state index >= 15 is 0 Å². The van der Waals surface area contributed by atoms with E-state index in [1.54, 1.807) is 41.3 Å². The van der Waals surface area contributed by atoms with Crippen LogP contribution in [0.15, 0.2) is 36.4 Å². The number of nitrogens with one attached hydrogen (secondary N) is 1. The molecule has 11 heteroatoms. The average Bonchev–Trinajstić information content (AvgIpc) is 3.38. The first-order chi connectivity index (χ1) is 14.9. The second kappa shape index (κ2) is 9.47. The maximum atomic E-state index is 12.4. The number of anilines is 2. The fourth-order valence-electron chi connectivity index (χ4n) is 3.35. The second-order valence-electron chi connectivity index (χ2n) is 7.03. The van der Waals surface area contributed by atoms with Crippen molar-refractivity contribution in [2.75, 3.05) is 42.6 Å². The molecule has 3 heterocycles. The lowest BCUT2D eigenvalue weighted by molar-refractivity contribution is -0.125. The third kappa shape index (κ3) is 4.98. The van der Waals surface area contributed by atoms with Crippen molar-refractivity contribution < 1.29 is 23.9 Å². The van der Waals surface area contributed by atoms with Crippen LogP contribution in [0.25, 0.3) is 0 Å². The molecule has 1 aromatic heterocycles. The monoisotopic (exact) mass is 481 g/mol. The molecule has 164 valence electrons. The van der Waals surface area contributed by atoms with Crippen LogP contribution in [0.2, 0.25) is 4.34 Å². The van der Waals surface area contributed by atoms with Gasteiger partial charge in [-0.3, -0.25) is 14.5 Å². The lowest BCUT2D eigenvalue weighted by atomic mass is 10.2. The van der Waals surface area contributed by atoms with Crippen LogP contribution in [0.1, 0.15) is 9.67 Å². The number of cyclic esters (lactones) is 1. The summed E-state index contributed by atoms with van der Waals surface area (Å²) in [5.41, 5.74) is 1.42. The van der Waals surface area contributed by atoms with Gasteiger partial charge in [0.2, 0.25) is 0 Å². The maximum Gasteiger partial charge on any atom is 0.414 e. The van der Waals surface area contributed by atoms with Crippen molar-refractivity contribution in [2.45, 2.75) is 11.4 Å². The summed E-state index contributed by atoms with van der Waals surface area (Å²) >= 11 is 11.6. The fraction of sp³-hybridized carbons (Fsp3) is 0.350. The molecule has 2 aromatic rings. The number of thiol groups is 1. The Morgan fingerprint density at radius 3 is 2.55 bits per heavy atom. The largest absolute Gasteiger partial charge is 0.443 e. The first kappa shape index (κ1) is 21.9. The minimum absolute atomic E-state index is 0.0707. The highest BCUT2D eigenvalue weighted by atomic mass is 35.5. The molecule has 0 bridgehead atoms. The molecule has 1 aromatic carbocycles. The molecule has 4 rings (SSSR count). The lowest BCUT2D eigenvalue weighted by Gasteiger charge is -2.27. The van der Waals surface area contributed by atoms with Gasteiger partial charge in [0.1, 0.15) is 12.7 Å². The van der Waals surface area contributed by atoms with Crippen LogP contribution in [0, 0.1) is 0 Å². The van der Waals surface area contributed by atoms with Crippen LogP contribution < -0.4 is 15.1 Å². The number of benzene rings is 1. The highest BCUT2D eigenvalue weighted by Crippen LogP contribution is 2.27. The first-order valence-electron chi connectivity index (χ1n) is 9.60. The van der Waals surface area contributed by atoms with Crippen LogP contribution in [0.3, 0.4) is 0 Å². The summed E-state index contributed by atoms with van der Waals surface area (Å²) in [4.78, 5) is 40.2. The molecule has 2 aliphatic rings. The number of thiophene rings is 1. The van der Waals surface area contributed by atoms with Gasteiger partial charge in [0.15, 0.2) is 0 Å². The SMILES string of the molecule is O=C(NC[C@H](S)C1CN(c2ccc(N3CCOCC3=O)cc2)C(=O)O1)c1ccc(Cl)s1. The predicted molar refractivity (Wildman–Crippen MR) is 122 cm³/mol. The van der Waals surface area contributed by atoms with Gasteiger partial charge >= 0.3 is 6.09 Å². The first-order valence-corrected chi connectivity index (χ1v) is 11.3.